The molecule has 0 fully saturated rings. The van der Waals surface area contributed by atoms with Crippen LogP contribution < -0.4 is 10.6 Å². The van der Waals surface area contributed by atoms with E-state index in [9.17, 15) is 4.79 Å². The zero-order chi connectivity index (χ0) is 12.7. The van der Waals surface area contributed by atoms with Gasteiger partial charge in [-0.3, -0.25) is 4.79 Å². The molecule has 0 aromatic heterocycles. The van der Waals surface area contributed by atoms with E-state index in [0.717, 1.165) is 13.0 Å². The average molecular weight is 234 g/mol. The minimum absolute atomic E-state index is 0.0609. The van der Waals surface area contributed by atoms with Gasteiger partial charge in [0.2, 0.25) is 5.91 Å². The third kappa shape index (κ3) is 5.00. The molecule has 0 saturated carbocycles. The monoisotopic (exact) mass is 234 g/mol. The van der Waals surface area contributed by atoms with Crippen LogP contribution in [-0.2, 0) is 4.79 Å². The van der Waals surface area contributed by atoms with Crippen LogP contribution in [0.4, 0.5) is 0 Å². The molecule has 0 spiro atoms. The molecular weight excluding hydrogens is 212 g/mol. The maximum absolute atomic E-state index is 11.4. The third-order valence-electron chi connectivity index (χ3n) is 2.72. The lowest BCUT2D eigenvalue weighted by atomic mass is 10.1. The van der Waals surface area contributed by atoms with Crippen molar-refractivity contribution >= 4 is 5.91 Å². The van der Waals surface area contributed by atoms with E-state index in [1.165, 1.54) is 11.1 Å². The summed E-state index contributed by atoms with van der Waals surface area (Å²) in [4.78, 5) is 11.4. The molecule has 1 rings (SSSR count). The van der Waals surface area contributed by atoms with E-state index in [4.69, 9.17) is 0 Å². The average Bonchev–Trinajstić information content (AvgIpc) is 2.34. The Bertz CT molecular complexity index is 346. The summed E-state index contributed by atoms with van der Waals surface area (Å²) in [6.07, 6.45) is 0.971. The zero-order valence-electron chi connectivity index (χ0n) is 10.9. The molecule has 0 heterocycles. The molecule has 0 aliphatic carbocycles. The molecule has 0 unspecified atom stereocenters. The van der Waals surface area contributed by atoms with E-state index in [1.54, 1.807) is 0 Å². The van der Waals surface area contributed by atoms with Crippen molar-refractivity contribution in [2.45, 2.75) is 33.2 Å². The fourth-order valence-corrected chi connectivity index (χ4v) is 1.55. The van der Waals surface area contributed by atoms with Crippen LogP contribution >= 0.6 is 0 Å². The van der Waals surface area contributed by atoms with Gasteiger partial charge in [0.1, 0.15) is 0 Å². The predicted molar refractivity (Wildman–Crippen MR) is 70.9 cm³/mol. The predicted octanol–water partition coefficient (Wildman–Crippen LogP) is 2.17. The normalized spacial score (nSPS) is 12.2. The van der Waals surface area contributed by atoms with Gasteiger partial charge >= 0.3 is 0 Å². The number of benzene rings is 1. The molecule has 17 heavy (non-hydrogen) atoms. The smallest absolute Gasteiger partial charge is 0.233 e. The van der Waals surface area contributed by atoms with Crippen LogP contribution in [0.3, 0.4) is 0 Å². The van der Waals surface area contributed by atoms with E-state index >= 15 is 0 Å². The highest BCUT2D eigenvalue weighted by atomic mass is 16.1. The molecule has 3 heteroatoms. The van der Waals surface area contributed by atoms with Crippen LogP contribution in [0.1, 0.15) is 37.4 Å². The summed E-state index contributed by atoms with van der Waals surface area (Å²) in [6, 6.07) is 8.56. The lowest BCUT2D eigenvalue weighted by Crippen LogP contribution is -2.35. The number of hydrogen-bond donors (Lipinski definition) is 2. The Morgan fingerprint density at radius 2 is 1.94 bits per heavy atom. The van der Waals surface area contributed by atoms with Crippen LogP contribution in [0.2, 0.25) is 0 Å². The molecule has 1 aromatic rings. The Hall–Kier alpha value is -1.35. The first kappa shape index (κ1) is 13.7. The topological polar surface area (TPSA) is 41.1 Å². The first-order valence-corrected chi connectivity index (χ1v) is 6.20. The van der Waals surface area contributed by atoms with E-state index in [-0.39, 0.29) is 11.9 Å². The van der Waals surface area contributed by atoms with Gasteiger partial charge in [0.05, 0.1) is 6.54 Å². The van der Waals surface area contributed by atoms with Crippen molar-refractivity contribution in [1.82, 2.24) is 10.6 Å². The number of rotatable bonds is 6. The second-order valence-corrected chi connectivity index (χ2v) is 4.36. The molecule has 0 radical (unpaired) electrons. The zero-order valence-corrected chi connectivity index (χ0v) is 10.9. The van der Waals surface area contributed by atoms with Gasteiger partial charge in [-0.15, -0.1) is 0 Å². The van der Waals surface area contributed by atoms with Crippen molar-refractivity contribution in [3.8, 4) is 0 Å². The van der Waals surface area contributed by atoms with Crippen LogP contribution in [0.5, 0.6) is 0 Å². The molecule has 0 bridgehead atoms. The molecule has 2 N–H and O–H groups in total. The van der Waals surface area contributed by atoms with Crippen molar-refractivity contribution in [2.24, 2.45) is 0 Å². The summed E-state index contributed by atoms with van der Waals surface area (Å²) in [5, 5.41) is 6.06. The Kier molecular flexibility index (Phi) is 5.70. The standard InChI is InChI=1S/C14H22N2O/c1-4-9-15-14(17)10-16-12(3)13-7-5-11(2)6-8-13/h5-8,12,16H,4,9-10H2,1-3H3,(H,15,17)/t12-/m0/s1. The van der Waals surface area contributed by atoms with E-state index in [2.05, 4.69) is 48.7 Å². The Morgan fingerprint density at radius 1 is 1.29 bits per heavy atom. The van der Waals surface area contributed by atoms with Crippen LogP contribution in [0.25, 0.3) is 0 Å². The summed E-state index contributed by atoms with van der Waals surface area (Å²) in [7, 11) is 0. The second kappa shape index (κ2) is 7.07. The summed E-state index contributed by atoms with van der Waals surface area (Å²) >= 11 is 0. The van der Waals surface area contributed by atoms with Gasteiger partial charge in [0, 0.05) is 12.6 Å². The molecule has 1 amide bonds. The number of amides is 1. The van der Waals surface area contributed by atoms with Gasteiger partial charge in [0.15, 0.2) is 0 Å². The van der Waals surface area contributed by atoms with Crippen molar-refractivity contribution < 1.29 is 4.79 Å². The number of hydrogen-bond acceptors (Lipinski definition) is 2. The fraction of sp³-hybridized carbons (Fsp3) is 0.500. The largest absolute Gasteiger partial charge is 0.355 e. The minimum atomic E-state index is 0.0609. The van der Waals surface area contributed by atoms with Gasteiger partial charge in [0.25, 0.3) is 0 Å². The van der Waals surface area contributed by atoms with Gasteiger partial charge in [-0.1, -0.05) is 36.8 Å². The highest BCUT2D eigenvalue weighted by Gasteiger charge is 2.06. The van der Waals surface area contributed by atoms with E-state index < -0.39 is 0 Å². The number of nitrogens with one attached hydrogen (secondary N) is 2. The molecule has 0 aliphatic rings. The van der Waals surface area contributed by atoms with Gasteiger partial charge in [-0.05, 0) is 25.8 Å². The van der Waals surface area contributed by atoms with Crippen molar-refractivity contribution in [3.63, 3.8) is 0 Å². The summed E-state index contributed by atoms with van der Waals surface area (Å²) in [5.74, 6) is 0.0609. The van der Waals surface area contributed by atoms with Crippen LogP contribution in [0, 0.1) is 6.92 Å². The van der Waals surface area contributed by atoms with E-state index in [0.29, 0.717) is 6.54 Å². The third-order valence-corrected chi connectivity index (χ3v) is 2.72. The highest BCUT2D eigenvalue weighted by molar-refractivity contribution is 5.77. The highest BCUT2D eigenvalue weighted by Crippen LogP contribution is 2.12. The Labute approximate surface area is 104 Å². The van der Waals surface area contributed by atoms with E-state index in [1.807, 2.05) is 6.92 Å². The molecule has 3 nitrogen and oxygen atoms in total. The maximum atomic E-state index is 11.4. The van der Waals surface area contributed by atoms with Crippen molar-refractivity contribution in [1.29, 1.82) is 0 Å². The maximum Gasteiger partial charge on any atom is 0.233 e. The molecule has 1 atom stereocenters. The SMILES string of the molecule is CCCNC(=O)CN[C@@H](C)c1ccc(C)cc1. The lowest BCUT2D eigenvalue weighted by molar-refractivity contribution is -0.120. The summed E-state index contributed by atoms with van der Waals surface area (Å²) in [6.45, 7) is 7.30. The molecule has 0 saturated heterocycles. The summed E-state index contributed by atoms with van der Waals surface area (Å²) in [5.41, 5.74) is 2.46. The lowest BCUT2D eigenvalue weighted by Gasteiger charge is -2.14. The second-order valence-electron chi connectivity index (χ2n) is 4.36. The fourth-order valence-electron chi connectivity index (χ4n) is 1.55. The van der Waals surface area contributed by atoms with Crippen molar-refractivity contribution in [2.75, 3.05) is 13.1 Å². The first-order valence-electron chi connectivity index (χ1n) is 6.20. The molecule has 94 valence electrons. The van der Waals surface area contributed by atoms with Gasteiger partial charge in [-0.2, -0.15) is 0 Å². The molecular formula is C14H22N2O. The van der Waals surface area contributed by atoms with Gasteiger partial charge in [-0.25, -0.2) is 0 Å². The van der Waals surface area contributed by atoms with Gasteiger partial charge < -0.3 is 10.6 Å². The number of carbonyl (C=O) groups excluding carboxylic acids is 1. The van der Waals surface area contributed by atoms with Crippen molar-refractivity contribution in [3.05, 3.63) is 35.4 Å². The Balaban J connectivity index is 2.36. The number of aryl methyl sites for hydroxylation is 1. The quantitative estimate of drug-likeness (QED) is 0.792. The molecule has 0 aliphatic heterocycles. The minimum Gasteiger partial charge on any atom is -0.355 e. The summed E-state index contributed by atoms with van der Waals surface area (Å²) < 4.78 is 0. The van der Waals surface area contributed by atoms with Crippen LogP contribution in [0.15, 0.2) is 24.3 Å². The van der Waals surface area contributed by atoms with Crippen LogP contribution in [-0.4, -0.2) is 19.0 Å². The Morgan fingerprint density at radius 3 is 2.53 bits per heavy atom. The first-order chi connectivity index (χ1) is 8.13. The molecule has 1 aromatic carbocycles. The number of carbonyl (C=O) groups is 1.